The number of rotatable bonds is 7. The van der Waals surface area contributed by atoms with Gasteiger partial charge in [-0.15, -0.1) is 0 Å². The maximum atomic E-state index is 12.0. The van der Waals surface area contributed by atoms with Crippen molar-refractivity contribution >= 4 is 17.7 Å². The Bertz CT molecular complexity index is 344. The first kappa shape index (κ1) is 16.1. The second kappa shape index (κ2) is 6.12. The molecule has 0 saturated carbocycles. The Hall–Kier alpha value is 0.0600. The van der Waals surface area contributed by atoms with Crippen LogP contribution in [-0.2, 0) is 23.7 Å². The summed E-state index contributed by atoms with van der Waals surface area (Å²) in [6.07, 6.45) is 0.479. The molecule has 0 spiro atoms. The van der Waals surface area contributed by atoms with E-state index in [4.69, 9.17) is 13.6 Å². The summed E-state index contributed by atoms with van der Waals surface area (Å²) >= 11 is 0. The molecular formula is C8H19O6PS. The molecule has 2 atom stereocenters. The van der Waals surface area contributed by atoms with Gasteiger partial charge in [0.05, 0.1) is 10.9 Å². The van der Waals surface area contributed by atoms with Crippen LogP contribution in [0, 0.1) is 0 Å². The van der Waals surface area contributed by atoms with Gasteiger partial charge in [0.15, 0.2) is 0 Å². The van der Waals surface area contributed by atoms with Crippen LogP contribution in [0.25, 0.3) is 0 Å². The standard InChI is InChI=1S/C8H19O6PS/c1-5-8(15(9,13-3)14-4)6-7(2)16(10,11)12/h7-8H,5-6H2,1-4H3,(H,10,11,12). The minimum atomic E-state index is -4.12. The minimum Gasteiger partial charge on any atom is -0.312 e. The first-order valence-corrected chi connectivity index (χ1v) is 8.00. The van der Waals surface area contributed by atoms with Crippen LogP contribution in [0.2, 0.25) is 0 Å². The van der Waals surface area contributed by atoms with Crippen molar-refractivity contribution in [3.63, 3.8) is 0 Å². The summed E-state index contributed by atoms with van der Waals surface area (Å²) in [6, 6.07) is 0. The van der Waals surface area contributed by atoms with Gasteiger partial charge < -0.3 is 9.05 Å². The van der Waals surface area contributed by atoms with Crippen LogP contribution in [-0.4, -0.2) is 38.1 Å². The molecule has 0 aliphatic heterocycles. The van der Waals surface area contributed by atoms with Gasteiger partial charge in [-0.1, -0.05) is 6.92 Å². The molecule has 0 aromatic heterocycles. The van der Waals surface area contributed by atoms with Crippen molar-refractivity contribution in [1.82, 2.24) is 0 Å². The molecular weight excluding hydrogens is 255 g/mol. The van der Waals surface area contributed by atoms with E-state index in [0.29, 0.717) is 6.42 Å². The van der Waals surface area contributed by atoms with E-state index in [1.165, 1.54) is 21.1 Å². The van der Waals surface area contributed by atoms with Gasteiger partial charge in [0.1, 0.15) is 0 Å². The summed E-state index contributed by atoms with van der Waals surface area (Å²) in [5, 5.41) is -0.990. The fourth-order valence-electron chi connectivity index (χ4n) is 1.40. The molecule has 0 aromatic carbocycles. The molecule has 0 amide bonds. The Labute approximate surface area is 96.6 Å². The smallest absolute Gasteiger partial charge is 0.312 e. The average Bonchev–Trinajstić information content (AvgIpc) is 2.23. The third-order valence-corrected chi connectivity index (χ3v) is 6.24. The lowest BCUT2D eigenvalue weighted by molar-refractivity contribution is 0.262. The van der Waals surface area contributed by atoms with Crippen LogP contribution >= 0.6 is 7.60 Å². The summed E-state index contributed by atoms with van der Waals surface area (Å²) in [5.41, 5.74) is -0.542. The van der Waals surface area contributed by atoms with Gasteiger partial charge in [0.2, 0.25) is 0 Å². The third-order valence-electron chi connectivity index (χ3n) is 2.54. The minimum absolute atomic E-state index is 0.0360. The van der Waals surface area contributed by atoms with E-state index in [0.717, 1.165) is 0 Å². The number of hydrogen-bond donors (Lipinski definition) is 1. The molecule has 0 saturated heterocycles. The Balaban J connectivity index is 4.84. The van der Waals surface area contributed by atoms with Crippen LogP contribution < -0.4 is 0 Å². The highest BCUT2D eigenvalue weighted by Crippen LogP contribution is 2.54. The van der Waals surface area contributed by atoms with Gasteiger partial charge in [-0.2, -0.15) is 8.42 Å². The molecule has 16 heavy (non-hydrogen) atoms. The van der Waals surface area contributed by atoms with Crippen LogP contribution in [0.5, 0.6) is 0 Å². The zero-order valence-electron chi connectivity index (χ0n) is 9.91. The van der Waals surface area contributed by atoms with Crippen molar-refractivity contribution in [2.75, 3.05) is 14.2 Å². The van der Waals surface area contributed by atoms with Crippen molar-refractivity contribution in [2.24, 2.45) is 0 Å². The largest absolute Gasteiger partial charge is 0.333 e. The fraction of sp³-hybridized carbons (Fsp3) is 1.00. The summed E-state index contributed by atoms with van der Waals surface area (Å²) in [7, 11) is -4.90. The highest BCUT2D eigenvalue weighted by molar-refractivity contribution is 7.86. The molecule has 0 aromatic rings. The van der Waals surface area contributed by atoms with Crippen LogP contribution in [0.4, 0.5) is 0 Å². The van der Waals surface area contributed by atoms with Crippen molar-refractivity contribution < 1.29 is 26.6 Å². The molecule has 0 fully saturated rings. The second-order valence-electron chi connectivity index (χ2n) is 3.53. The molecule has 0 aliphatic rings. The van der Waals surface area contributed by atoms with Gasteiger partial charge >= 0.3 is 7.60 Å². The highest BCUT2D eigenvalue weighted by Gasteiger charge is 2.35. The quantitative estimate of drug-likeness (QED) is 0.563. The molecule has 8 heteroatoms. The fourth-order valence-corrected chi connectivity index (χ4v) is 3.78. The van der Waals surface area contributed by atoms with Crippen molar-refractivity contribution in [1.29, 1.82) is 0 Å². The number of hydrogen-bond acceptors (Lipinski definition) is 5. The van der Waals surface area contributed by atoms with Gasteiger partial charge in [0.25, 0.3) is 10.1 Å². The lowest BCUT2D eigenvalue weighted by Crippen LogP contribution is -2.23. The molecule has 2 unspecified atom stereocenters. The van der Waals surface area contributed by atoms with E-state index < -0.39 is 28.6 Å². The topological polar surface area (TPSA) is 89.9 Å². The summed E-state index contributed by atoms with van der Waals surface area (Å²) < 4.78 is 52.2. The molecule has 0 radical (unpaired) electrons. The molecule has 0 rings (SSSR count). The van der Waals surface area contributed by atoms with Crippen molar-refractivity contribution in [3.05, 3.63) is 0 Å². The lowest BCUT2D eigenvalue weighted by atomic mass is 10.2. The van der Waals surface area contributed by atoms with Gasteiger partial charge in [0, 0.05) is 14.2 Å². The molecule has 98 valence electrons. The second-order valence-corrected chi connectivity index (χ2v) is 7.90. The first-order valence-electron chi connectivity index (χ1n) is 4.88. The third kappa shape index (κ3) is 4.14. The van der Waals surface area contributed by atoms with Crippen LogP contribution in [0.3, 0.4) is 0 Å². The van der Waals surface area contributed by atoms with Crippen molar-refractivity contribution in [3.8, 4) is 0 Å². The summed E-state index contributed by atoms with van der Waals surface area (Å²) in [6.45, 7) is 3.11. The predicted octanol–water partition coefficient (Wildman–Crippen LogP) is 1.92. The Kier molecular flexibility index (Phi) is 6.14. The van der Waals surface area contributed by atoms with Gasteiger partial charge in [-0.3, -0.25) is 9.12 Å². The first-order chi connectivity index (χ1) is 7.21. The molecule has 0 heterocycles. The summed E-state index contributed by atoms with van der Waals surface area (Å²) in [5.74, 6) is 0. The van der Waals surface area contributed by atoms with E-state index in [2.05, 4.69) is 0 Å². The van der Waals surface area contributed by atoms with Gasteiger partial charge in [-0.25, -0.2) is 0 Å². The SMILES string of the molecule is CCC(CC(C)S(=O)(=O)O)P(=O)(OC)OC. The Morgan fingerprint density at radius 3 is 2.00 bits per heavy atom. The maximum Gasteiger partial charge on any atom is 0.333 e. The maximum absolute atomic E-state index is 12.0. The van der Waals surface area contributed by atoms with Crippen LogP contribution in [0.15, 0.2) is 0 Å². The summed E-state index contributed by atoms with van der Waals surface area (Å²) in [4.78, 5) is 0. The van der Waals surface area contributed by atoms with E-state index >= 15 is 0 Å². The monoisotopic (exact) mass is 274 g/mol. The van der Waals surface area contributed by atoms with E-state index in [1.54, 1.807) is 6.92 Å². The van der Waals surface area contributed by atoms with E-state index in [9.17, 15) is 13.0 Å². The van der Waals surface area contributed by atoms with Crippen molar-refractivity contribution in [2.45, 2.75) is 37.6 Å². The normalized spacial score (nSPS) is 17.1. The Morgan fingerprint density at radius 1 is 1.31 bits per heavy atom. The molecule has 0 aliphatic carbocycles. The zero-order valence-corrected chi connectivity index (χ0v) is 11.6. The molecule has 6 nitrogen and oxygen atoms in total. The highest BCUT2D eigenvalue weighted by atomic mass is 32.2. The van der Waals surface area contributed by atoms with Gasteiger partial charge in [-0.05, 0) is 19.8 Å². The lowest BCUT2D eigenvalue weighted by Gasteiger charge is -2.24. The molecule has 0 bridgehead atoms. The zero-order chi connectivity index (χ0) is 13.0. The predicted molar refractivity (Wildman–Crippen MR) is 61.3 cm³/mol. The van der Waals surface area contributed by atoms with E-state index in [-0.39, 0.29) is 6.42 Å². The molecule has 1 N–H and O–H groups in total. The van der Waals surface area contributed by atoms with E-state index in [1.807, 2.05) is 0 Å². The Morgan fingerprint density at radius 2 is 1.75 bits per heavy atom. The average molecular weight is 274 g/mol. The van der Waals surface area contributed by atoms with Crippen LogP contribution in [0.1, 0.15) is 26.7 Å².